The summed E-state index contributed by atoms with van der Waals surface area (Å²) in [6.07, 6.45) is 3.78. The molecule has 0 N–H and O–H groups in total. The minimum atomic E-state index is -0.340. The maximum atomic E-state index is 12.5. The Morgan fingerprint density at radius 3 is 2.70 bits per heavy atom. The second-order valence-corrected chi connectivity index (χ2v) is 6.12. The van der Waals surface area contributed by atoms with E-state index >= 15 is 0 Å². The van der Waals surface area contributed by atoms with Gasteiger partial charge in [-0.15, -0.1) is 0 Å². The maximum absolute atomic E-state index is 12.5. The molecule has 0 aliphatic carbocycles. The van der Waals surface area contributed by atoms with E-state index in [1.165, 1.54) is 11.1 Å². The molecule has 122 valence electrons. The second kappa shape index (κ2) is 6.10. The Kier molecular flexibility index (Phi) is 4.15. The molecule has 6 nitrogen and oxygen atoms in total. The van der Waals surface area contributed by atoms with Gasteiger partial charge in [0.1, 0.15) is 5.69 Å². The van der Waals surface area contributed by atoms with Crippen LogP contribution in [0.5, 0.6) is 0 Å². The van der Waals surface area contributed by atoms with Crippen molar-refractivity contribution in [3.63, 3.8) is 0 Å². The Morgan fingerprint density at radius 2 is 2.04 bits per heavy atom. The van der Waals surface area contributed by atoms with Crippen molar-refractivity contribution in [2.75, 3.05) is 13.1 Å². The number of imide groups is 1. The first-order valence-corrected chi connectivity index (χ1v) is 8.20. The Labute approximate surface area is 135 Å². The van der Waals surface area contributed by atoms with Crippen LogP contribution in [0.2, 0.25) is 0 Å². The van der Waals surface area contributed by atoms with Crippen LogP contribution in [0.15, 0.2) is 18.3 Å². The molecule has 0 saturated carbocycles. The van der Waals surface area contributed by atoms with Gasteiger partial charge in [-0.05, 0) is 31.4 Å². The van der Waals surface area contributed by atoms with Gasteiger partial charge in [-0.3, -0.25) is 24.3 Å². The molecule has 0 spiro atoms. The van der Waals surface area contributed by atoms with Gasteiger partial charge in [0.15, 0.2) is 0 Å². The third kappa shape index (κ3) is 2.52. The highest BCUT2D eigenvalue weighted by atomic mass is 16.2. The number of carbonyl (C=O) groups is 3. The number of hydrogen-bond donors (Lipinski definition) is 0. The summed E-state index contributed by atoms with van der Waals surface area (Å²) < 4.78 is 0. The van der Waals surface area contributed by atoms with Gasteiger partial charge >= 0.3 is 0 Å². The fourth-order valence-corrected chi connectivity index (χ4v) is 3.46. The first-order valence-electron chi connectivity index (χ1n) is 8.20. The first kappa shape index (κ1) is 15.6. The molecule has 1 fully saturated rings. The quantitative estimate of drug-likeness (QED) is 0.793. The first-order chi connectivity index (χ1) is 11.1. The van der Waals surface area contributed by atoms with E-state index in [9.17, 15) is 14.4 Å². The molecule has 2 aliphatic heterocycles. The number of nitrogens with zero attached hydrogens (tertiary/aromatic N) is 3. The number of carbonyl (C=O) groups excluding carboxylic acids is 3. The minimum Gasteiger partial charge on any atom is -0.340 e. The molecular weight excluding hydrogens is 294 g/mol. The molecule has 1 aromatic rings. The average Bonchev–Trinajstić information content (AvgIpc) is 3.13. The summed E-state index contributed by atoms with van der Waals surface area (Å²) in [4.78, 5) is 44.5. The molecule has 3 amide bonds. The molecule has 1 aromatic heterocycles. The molecule has 6 heteroatoms. The van der Waals surface area contributed by atoms with Crippen molar-refractivity contribution in [2.45, 2.75) is 39.2 Å². The minimum absolute atomic E-state index is 0.0256. The van der Waals surface area contributed by atoms with E-state index in [1.807, 2.05) is 13.8 Å². The molecule has 0 aromatic carbocycles. The third-order valence-electron chi connectivity index (χ3n) is 4.85. The normalized spacial score (nSPS) is 20.6. The molecule has 3 heterocycles. The number of rotatable bonds is 4. The van der Waals surface area contributed by atoms with Gasteiger partial charge in [0, 0.05) is 25.2 Å². The van der Waals surface area contributed by atoms with Crippen molar-refractivity contribution in [3.05, 3.63) is 29.6 Å². The third-order valence-corrected chi connectivity index (χ3v) is 4.85. The van der Waals surface area contributed by atoms with E-state index in [0.717, 1.165) is 12.8 Å². The van der Waals surface area contributed by atoms with Gasteiger partial charge in [-0.25, -0.2) is 0 Å². The van der Waals surface area contributed by atoms with Crippen molar-refractivity contribution in [1.29, 1.82) is 0 Å². The van der Waals surface area contributed by atoms with Crippen LogP contribution in [0, 0.1) is 5.92 Å². The van der Waals surface area contributed by atoms with Crippen LogP contribution in [-0.4, -0.2) is 51.6 Å². The summed E-state index contributed by atoms with van der Waals surface area (Å²) in [7, 11) is 0. The average molecular weight is 315 g/mol. The fraction of sp³-hybridized carbons (Fsp3) is 0.529. The summed E-state index contributed by atoms with van der Waals surface area (Å²) in [5.41, 5.74) is 0.588. The van der Waals surface area contributed by atoms with Gasteiger partial charge in [0.2, 0.25) is 5.91 Å². The number of likely N-dealkylation sites (tertiary alicyclic amines) is 1. The fourth-order valence-electron chi connectivity index (χ4n) is 3.46. The number of hydrogen-bond acceptors (Lipinski definition) is 4. The standard InChI is InChI=1S/C17H21N3O3/c1-3-11(4-2)15(21)19-9-7-12(10-19)20-16(22)13-6-5-8-18-14(13)17(20)23/h5-6,8,11-12H,3-4,7,9-10H2,1-2H3. The van der Waals surface area contributed by atoms with Crippen molar-refractivity contribution >= 4 is 17.7 Å². The van der Waals surface area contributed by atoms with E-state index in [2.05, 4.69) is 4.98 Å². The predicted molar refractivity (Wildman–Crippen MR) is 83.8 cm³/mol. The predicted octanol–water partition coefficient (Wildman–Crippen LogP) is 1.71. The maximum Gasteiger partial charge on any atom is 0.280 e. The van der Waals surface area contributed by atoms with Crippen molar-refractivity contribution in [1.82, 2.24) is 14.8 Å². The lowest BCUT2D eigenvalue weighted by molar-refractivity contribution is -0.134. The molecule has 23 heavy (non-hydrogen) atoms. The van der Waals surface area contributed by atoms with Gasteiger partial charge in [0.25, 0.3) is 11.8 Å². The smallest absolute Gasteiger partial charge is 0.280 e. The SMILES string of the molecule is CCC(CC)C(=O)N1CCC(N2C(=O)c3cccnc3C2=O)C1. The molecule has 0 bridgehead atoms. The summed E-state index contributed by atoms with van der Waals surface area (Å²) in [6.45, 7) is 5.05. The van der Waals surface area contributed by atoms with Crippen LogP contribution in [0.25, 0.3) is 0 Å². The molecule has 3 rings (SSSR count). The molecular formula is C17H21N3O3. The van der Waals surface area contributed by atoms with E-state index in [1.54, 1.807) is 17.0 Å². The largest absolute Gasteiger partial charge is 0.340 e. The lowest BCUT2D eigenvalue weighted by Crippen LogP contribution is -2.43. The van der Waals surface area contributed by atoms with E-state index in [-0.39, 0.29) is 35.4 Å². The molecule has 1 atom stereocenters. The Morgan fingerprint density at radius 1 is 1.30 bits per heavy atom. The number of fused-ring (bicyclic) bond motifs is 1. The summed E-state index contributed by atoms with van der Waals surface area (Å²) in [5, 5.41) is 0. The monoisotopic (exact) mass is 315 g/mol. The molecule has 1 unspecified atom stereocenters. The van der Waals surface area contributed by atoms with E-state index in [0.29, 0.717) is 25.1 Å². The lowest BCUT2D eigenvalue weighted by atomic mass is 10.0. The van der Waals surface area contributed by atoms with Crippen LogP contribution in [0.3, 0.4) is 0 Å². The zero-order valence-electron chi connectivity index (χ0n) is 13.5. The summed E-state index contributed by atoms with van der Waals surface area (Å²) in [5.74, 6) is -0.475. The van der Waals surface area contributed by atoms with Gasteiger partial charge in [0.05, 0.1) is 11.6 Å². The van der Waals surface area contributed by atoms with E-state index < -0.39 is 0 Å². The Hall–Kier alpha value is -2.24. The van der Waals surface area contributed by atoms with Crippen LogP contribution in [-0.2, 0) is 4.79 Å². The lowest BCUT2D eigenvalue weighted by Gasteiger charge is -2.24. The van der Waals surface area contributed by atoms with Crippen LogP contribution >= 0.6 is 0 Å². The summed E-state index contributed by atoms with van der Waals surface area (Å²) in [6, 6.07) is 3.04. The number of pyridine rings is 1. The topological polar surface area (TPSA) is 70.6 Å². The van der Waals surface area contributed by atoms with Crippen LogP contribution in [0.1, 0.15) is 54.0 Å². The highest BCUT2D eigenvalue weighted by Gasteiger charge is 2.44. The highest BCUT2D eigenvalue weighted by Crippen LogP contribution is 2.27. The Bertz CT molecular complexity index is 619. The van der Waals surface area contributed by atoms with Gasteiger partial charge in [-0.1, -0.05) is 13.8 Å². The molecule has 2 aliphatic rings. The van der Waals surface area contributed by atoms with Crippen molar-refractivity contribution in [2.24, 2.45) is 5.92 Å². The molecule has 1 saturated heterocycles. The second-order valence-electron chi connectivity index (χ2n) is 6.12. The van der Waals surface area contributed by atoms with Gasteiger partial charge in [-0.2, -0.15) is 0 Å². The van der Waals surface area contributed by atoms with Crippen LogP contribution < -0.4 is 0 Å². The highest BCUT2D eigenvalue weighted by molar-refractivity contribution is 6.20. The van der Waals surface area contributed by atoms with Crippen molar-refractivity contribution in [3.8, 4) is 0 Å². The summed E-state index contributed by atoms with van der Waals surface area (Å²) >= 11 is 0. The Balaban J connectivity index is 1.75. The number of amides is 3. The number of aromatic nitrogens is 1. The van der Waals surface area contributed by atoms with Crippen molar-refractivity contribution < 1.29 is 14.4 Å². The zero-order chi connectivity index (χ0) is 16.6. The zero-order valence-corrected chi connectivity index (χ0v) is 13.5. The van der Waals surface area contributed by atoms with Crippen LogP contribution in [0.4, 0.5) is 0 Å². The molecule has 0 radical (unpaired) electrons. The van der Waals surface area contributed by atoms with Gasteiger partial charge < -0.3 is 4.90 Å². The van der Waals surface area contributed by atoms with E-state index in [4.69, 9.17) is 0 Å².